The van der Waals surface area contributed by atoms with Crippen molar-refractivity contribution >= 4 is 9.28 Å². The van der Waals surface area contributed by atoms with Crippen LogP contribution in [0.1, 0.15) is 46.5 Å². The van der Waals surface area contributed by atoms with E-state index < -0.39 is 9.28 Å². The Bertz CT molecular complexity index is 121. The molecule has 4 N–H and O–H groups in total. The Labute approximate surface area is 103 Å². The van der Waals surface area contributed by atoms with Crippen LogP contribution >= 0.6 is 0 Å². The highest BCUT2D eigenvalue weighted by atomic mass is 28.3. The summed E-state index contributed by atoms with van der Waals surface area (Å²) in [4.78, 5) is 0. The molecule has 0 atom stereocenters. The quantitative estimate of drug-likeness (QED) is 0.391. The van der Waals surface area contributed by atoms with Crippen molar-refractivity contribution in [3.63, 3.8) is 0 Å². The molecule has 0 aromatic heterocycles. The van der Waals surface area contributed by atoms with E-state index in [9.17, 15) is 0 Å². The minimum atomic E-state index is -1.20. The van der Waals surface area contributed by atoms with Crippen LogP contribution in [0.4, 0.5) is 0 Å². The molecular formula is C11H30N2O2Si. The second-order valence-electron chi connectivity index (χ2n) is 3.64. The number of hydrogen-bond donors (Lipinski definition) is 2. The molecule has 0 aromatic carbocycles. The third-order valence-corrected chi connectivity index (χ3v) is 3.55. The van der Waals surface area contributed by atoms with E-state index in [0.29, 0.717) is 0 Å². The number of hydrogen-bond acceptors (Lipinski definition) is 4. The SMILES string of the molecule is CCCCCC(N)N.CCO[SiH](C)OCC. The maximum atomic E-state index is 5.31. The first-order valence-electron chi connectivity index (χ1n) is 6.32. The molecule has 0 saturated heterocycles. The maximum absolute atomic E-state index is 5.31. The predicted octanol–water partition coefficient (Wildman–Crippen LogP) is 1.72. The van der Waals surface area contributed by atoms with Crippen LogP contribution in [0.3, 0.4) is 0 Å². The van der Waals surface area contributed by atoms with Crippen molar-refractivity contribution in [1.82, 2.24) is 0 Å². The van der Waals surface area contributed by atoms with Crippen LogP contribution in [0, 0.1) is 0 Å². The lowest BCUT2D eigenvalue weighted by atomic mass is 10.2. The van der Waals surface area contributed by atoms with Crippen molar-refractivity contribution in [2.45, 2.75) is 59.2 Å². The molecule has 0 bridgehead atoms. The highest BCUT2D eigenvalue weighted by molar-refractivity contribution is 6.42. The van der Waals surface area contributed by atoms with E-state index in [-0.39, 0.29) is 6.17 Å². The summed E-state index contributed by atoms with van der Waals surface area (Å²) in [7, 11) is -1.20. The van der Waals surface area contributed by atoms with E-state index in [0.717, 1.165) is 19.6 Å². The van der Waals surface area contributed by atoms with Gasteiger partial charge in [0.25, 0.3) is 0 Å². The van der Waals surface area contributed by atoms with Crippen molar-refractivity contribution in [3.8, 4) is 0 Å². The van der Waals surface area contributed by atoms with Crippen molar-refractivity contribution < 1.29 is 8.85 Å². The van der Waals surface area contributed by atoms with Crippen molar-refractivity contribution in [2.24, 2.45) is 11.5 Å². The number of unbranched alkanes of at least 4 members (excludes halogenated alkanes) is 2. The largest absolute Gasteiger partial charge is 0.397 e. The van der Waals surface area contributed by atoms with Gasteiger partial charge in [-0.05, 0) is 26.8 Å². The normalized spacial score (nSPS) is 10.5. The third kappa shape index (κ3) is 19.6. The van der Waals surface area contributed by atoms with Gasteiger partial charge in [0.15, 0.2) is 0 Å². The van der Waals surface area contributed by atoms with Gasteiger partial charge < -0.3 is 20.3 Å². The highest BCUT2D eigenvalue weighted by Gasteiger charge is 1.99. The first kappa shape index (κ1) is 18.4. The lowest BCUT2D eigenvalue weighted by Gasteiger charge is -2.07. The smallest absolute Gasteiger partial charge is 0.318 e. The molecule has 5 heteroatoms. The molecule has 0 saturated carbocycles. The molecule has 0 amide bonds. The van der Waals surface area contributed by atoms with Gasteiger partial charge in [-0.15, -0.1) is 0 Å². The van der Waals surface area contributed by atoms with Gasteiger partial charge in [0.05, 0.1) is 6.17 Å². The molecule has 0 heterocycles. The molecule has 0 spiro atoms. The lowest BCUT2D eigenvalue weighted by Crippen LogP contribution is -2.29. The van der Waals surface area contributed by atoms with Gasteiger partial charge in [-0.2, -0.15) is 0 Å². The second kappa shape index (κ2) is 15.1. The molecule has 4 nitrogen and oxygen atoms in total. The van der Waals surface area contributed by atoms with Crippen molar-refractivity contribution in [2.75, 3.05) is 13.2 Å². The summed E-state index contributed by atoms with van der Waals surface area (Å²) in [5.74, 6) is 0. The summed E-state index contributed by atoms with van der Waals surface area (Å²) in [5.41, 5.74) is 10.6. The molecule has 0 aliphatic carbocycles. The summed E-state index contributed by atoms with van der Waals surface area (Å²) in [6.07, 6.45) is 4.54. The Hall–Kier alpha value is 0.0569. The topological polar surface area (TPSA) is 70.5 Å². The van der Waals surface area contributed by atoms with Crippen LogP contribution in [0.15, 0.2) is 0 Å². The van der Waals surface area contributed by atoms with Gasteiger partial charge >= 0.3 is 9.28 Å². The lowest BCUT2D eigenvalue weighted by molar-refractivity contribution is 0.219. The average Bonchev–Trinajstić information content (AvgIpc) is 2.19. The van der Waals surface area contributed by atoms with Gasteiger partial charge in [0, 0.05) is 13.2 Å². The van der Waals surface area contributed by atoms with E-state index in [1.54, 1.807) is 0 Å². The molecule has 0 rings (SSSR count). The summed E-state index contributed by atoms with van der Waals surface area (Å²) in [6, 6.07) is 0. The Morgan fingerprint density at radius 2 is 1.50 bits per heavy atom. The Balaban J connectivity index is 0. The van der Waals surface area contributed by atoms with Crippen LogP contribution in [-0.4, -0.2) is 28.7 Å². The molecule has 100 valence electrons. The molecule has 0 aliphatic heterocycles. The van der Waals surface area contributed by atoms with Crippen LogP contribution in [0.25, 0.3) is 0 Å². The molecule has 0 aliphatic rings. The third-order valence-electron chi connectivity index (χ3n) is 1.94. The first-order chi connectivity index (χ1) is 7.58. The average molecular weight is 250 g/mol. The zero-order chi connectivity index (χ0) is 12.8. The van der Waals surface area contributed by atoms with Gasteiger partial charge in [0.1, 0.15) is 0 Å². The van der Waals surface area contributed by atoms with Gasteiger partial charge in [0.2, 0.25) is 0 Å². The highest BCUT2D eigenvalue weighted by Crippen LogP contribution is 1.97. The standard InChI is InChI=1S/C6H16N2.C5H14O2Si/c1-2-3-4-5-6(7)8;1-4-6-8(3)7-5-2/h6H,2-5,7-8H2,1H3;8H,4-5H2,1-3H3. The summed E-state index contributed by atoms with van der Waals surface area (Å²) in [5, 5.41) is 0. The van der Waals surface area contributed by atoms with Crippen LogP contribution in [-0.2, 0) is 8.85 Å². The van der Waals surface area contributed by atoms with E-state index in [1.807, 2.05) is 20.4 Å². The molecule has 0 unspecified atom stereocenters. The fraction of sp³-hybridized carbons (Fsp3) is 1.00. The summed E-state index contributed by atoms with van der Waals surface area (Å²) >= 11 is 0. The second-order valence-corrected chi connectivity index (χ2v) is 5.44. The molecule has 16 heavy (non-hydrogen) atoms. The van der Waals surface area contributed by atoms with Gasteiger partial charge in [-0.1, -0.05) is 26.2 Å². The molecule has 0 aromatic rings. The Kier molecular flexibility index (Phi) is 17.3. The zero-order valence-corrected chi connectivity index (χ0v) is 12.5. The predicted molar refractivity (Wildman–Crippen MR) is 72.6 cm³/mol. The molecule has 0 fully saturated rings. The van der Waals surface area contributed by atoms with Crippen LogP contribution in [0.5, 0.6) is 0 Å². The van der Waals surface area contributed by atoms with Gasteiger partial charge in [-0.25, -0.2) is 0 Å². The van der Waals surface area contributed by atoms with Crippen LogP contribution in [0.2, 0.25) is 6.55 Å². The van der Waals surface area contributed by atoms with E-state index in [4.69, 9.17) is 20.3 Å². The molecular weight excluding hydrogens is 220 g/mol. The van der Waals surface area contributed by atoms with Crippen molar-refractivity contribution in [3.05, 3.63) is 0 Å². The van der Waals surface area contributed by atoms with E-state index in [1.165, 1.54) is 19.3 Å². The first-order valence-corrected chi connectivity index (χ1v) is 8.42. The summed E-state index contributed by atoms with van der Waals surface area (Å²) < 4.78 is 10.4. The number of rotatable bonds is 8. The Morgan fingerprint density at radius 3 is 1.81 bits per heavy atom. The van der Waals surface area contributed by atoms with Crippen molar-refractivity contribution in [1.29, 1.82) is 0 Å². The summed E-state index contributed by atoms with van der Waals surface area (Å²) in [6.45, 7) is 9.75. The van der Waals surface area contributed by atoms with E-state index in [2.05, 4.69) is 6.92 Å². The molecule has 0 radical (unpaired) electrons. The minimum absolute atomic E-state index is 0.0958. The van der Waals surface area contributed by atoms with E-state index >= 15 is 0 Å². The fourth-order valence-corrected chi connectivity index (χ4v) is 2.18. The minimum Gasteiger partial charge on any atom is -0.397 e. The van der Waals surface area contributed by atoms with Crippen LogP contribution < -0.4 is 11.5 Å². The maximum Gasteiger partial charge on any atom is 0.318 e. The Morgan fingerprint density at radius 1 is 1.00 bits per heavy atom. The number of nitrogens with two attached hydrogens (primary N) is 2. The van der Waals surface area contributed by atoms with Gasteiger partial charge in [-0.3, -0.25) is 0 Å². The monoisotopic (exact) mass is 250 g/mol. The fourth-order valence-electron chi connectivity index (χ4n) is 1.15. The zero-order valence-electron chi connectivity index (χ0n) is 11.4.